The number of ether oxygens (including phenoxy) is 1. The molecule has 6 heteroatoms. The van der Waals surface area contributed by atoms with Gasteiger partial charge in [0.25, 0.3) is 0 Å². The number of carboxylic acids is 1. The lowest BCUT2D eigenvalue weighted by atomic mass is 9.89. The molecule has 6 nitrogen and oxygen atoms in total. The number of carbonyl (C=O) groups is 2. The zero-order valence-electron chi connectivity index (χ0n) is 12.0. The molecular formula is C14H24N2O4. The topological polar surface area (TPSA) is 78.9 Å². The van der Waals surface area contributed by atoms with E-state index in [4.69, 9.17) is 9.84 Å². The molecule has 0 bridgehead atoms. The van der Waals surface area contributed by atoms with E-state index in [-0.39, 0.29) is 24.4 Å². The van der Waals surface area contributed by atoms with Crippen molar-refractivity contribution in [2.24, 2.45) is 5.92 Å². The van der Waals surface area contributed by atoms with Crippen molar-refractivity contribution in [2.45, 2.75) is 44.7 Å². The highest BCUT2D eigenvalue weighted by Crippen LogP contribution is 2.22. The number of carboxylic acid groups (broad SMARTS) is 1. The molecule has 0 aromatic carbocycles. The van der Waals surface area contributed by atoms with Crippen molar-refractivity contribution in [1.82, 2.24) is 10.2 Å². The van der Waals surface area contributed by atoms with Gasteiger partial charge in [0.15, 0.2) is 0 Å². The van der Waals surface area contributed by atoms with Crippen LogP contribution in [0.1, 0.15) is 32.6 Å². The first-order chi connectivity index (χ1) is 9.61. The van der Waals surface area contributed by atoms with Crippen LogP contribution in [0, 0.1) is 5.92 Å². The SMILES string of the molecule is CCC1CCNC(C(=O)N2CCOCC2CC(=O)O)C1. The first-order valence-electron chi connectivity index (χ1n) is 7.45. The number of piperidine rings is 1. The summed E-state index contributed by atoms with van der Waals surface area (Å²) >= 11 is 0. The standard InChI is InChI=1S/C14H24N2O4/c1-2-10-3-4-15-12(7-10)14(19)16-5-6-20-9-11(16)8-13(17)18/h10-12,15H,2-9H2,1H3,(H,17,18). The van der Waals surface area contributed by atoms with E-state index in [9.17, 15) is 9.59 Å². The molecule has 2 aliphatic heterocycles. The van der Waals surface area contributed by atoms with E-state index < -0.39 is 5.97 Å². The molecule has 0 radical (unpaired) electrons. The molecule has 0 spiro atoms. The molecule has 2 N–H and O–H groups in total. The Morgan fingerprint density at radius 3 is 2.95 bits per heavy atom. The number of hydrogen-bond acceptors (Lipinski definition) is 4. The lowest BCUT2D eigenvalue weighted by Gasteiger charge is -2.39. The number of nitrogens with zero attached hydrogens (tertiary/aromatic N) is 1. The largest absolute Gasteiger partial charge is 0.481 e. The van der Waals surface area contributed by atoms with Crippen LogP contribution in [0.5, 0.6) is 0 Å². The number of carbonyl (C=O) groups excluding carboxylic acids is 1. The summed E-state index contributed by atoms with van der Waals surface area (Å²) in [6.45, 7) is 4.32. The van der Waals surface area contributed by atoms with Gasteiger partial charge in [-0.1, -0.05) is 13.3 Å². The van der Waals surface area contributed by atoms with Gasteiger partial charge in [0.2, 0.25) is 5.91 Å². The maximum Gasteiger partial charge on any atom is 0.305 e. The van der Waals surface area contributed by atoms with Crippen molar-refractivity contribution in [3.63, 3.8) is 0 Å². The summed E-state index contributed by atoms with van der Waals surface area (Å²) < 4.78 is 5.32. The molecule has 0 aromatic rings. The molecule has 2 aliphatic rings. The summed E-state index contributed by atoms with van der Waals surface area (Å²) in [6.07, 6.45) is 3.01. The van der Waals surface area contributed by atoms with Crippen LogP contribution in [0.3, 0.4) is 0 Å². The Kier molecular flexibility index (Phi) is 5.37. The predicted molar refractivity (Wildman–Crippen MR) is 73.4 cm³/mol. The summed E-state index contributed by atoms with van der Waals surface area (Å²) in [6, 6.07) is -0.499. The average molecular weight is 284 g/mol. The zero-order chi connectivity index (χ0) is 14.5. The average Bonchev–Trinajstić information content (AvgIpc) is 2.46. The molecule has 2 saturated heterocycles. The summed E-state index contributed by atoms with van der Waals surface area (Å²) in [4.78, 5) is 25.2. The third-order valence-corrected chi connectivity index (χ3v) is 4.31. The maximum atomic E-state index is 12.6. The van der Waals surface area contributed by atoms with Crippen molar-refractivity contribution in [3.05, 3.63) is 0 Å². The molecule has 20 heavy (non-hydrogen) atoms. The van der Waals surface area contributed by atoms with Crippen LogP contribution >= 0.6 is 0 Å². The first-order valence-corrected chi connectivity index (χ1v) is 7.45. The Hall–Kier alpha value is -1.14. The third-order valence-electron chi connectivity index (χ3n) is 4.31. The molecule has 0 saturated carbocycles. The van der Waals surface area contributed by atoms with Crippen molar-refractivity contribution in [1.29, 1.82) is 0 Å². The van der Waals surface area contributed by atoms with E-state index in [2.05, 4.69) is 12.2 Å². The van der Waals surface area contributed by atoms with Crippen molar-refractivity contribution < 1.29 is 19.4 Å². The lowest BCUT2D eigenvalue weighted by Crippen LogP contribution is -2.57. The van der Waals surface area contributed by atoms with E-state index in [0.717, 1.165) is 25.8 Å². The minimum Gasteiger partial charge on any atom is -0.481 e. The molecular weight excluding hydrogens is 260 g/mol. The minimum absolute atomic E-state index is 0.0395. The van der Waals surface area contributed by atoms with Gasteiger partial charge >= 0.3 is 5.97 Å². The van der Waals surface area contributed by atoms with Crippen molar-refractivity contribution in [3.8, 4) is 0 Å². The van der Waals surface area contributed by atoms with Crippen molar-refractivity contribution >= 4 is 11.9 Å². The predicted octanol–water partition coefficient (Wildman–Crippen LogP) is 0.467. The third kappa shape index (κ3) is 3.70. The molecule has 3 atom stereocenters. The highest BCUT2D eigenvalue weighted by Gasteiger charge is 2.35. The number of amides is 1. The fourth-order valence-corrected chi connectivity index (χ4v) is 3.07. The Morgan fingerprint density at radius 1 is 1.45 bits per heavy atom. The quantitative estimate of drug-likeness (QED) is 0.784. The molecule has 114 valence electrons. The molecule has 2 heterocycles. The van der Waals surface area contributed by atoms with Gasteiger partial charge in [-0.25, -0.2) is 0 Å². The monoisotopic (exact) mass is 284 g/mol. The Bertz CT molecular complexity index is 361. The number of morpholine rings is 1. The van der Waals surface area contributed by atoms with Gasteiger partial charge in [-0.15, -0.1) is 0 Å². The molecule has 2 rings (SSSR count). The van der Waals surface area contributed by atoms with E-state index in [0.29, 0.717) is 25.7 Å². The lowest BCUT2D eigenvalue weighted by molar-refractivity contribution is -0.148. The minimum atomic E-state index is -0.888. The zero-order valence-corrected chi connectivity index (χ0v) is 12.0. The van der Waals surface area contributed by atoms with Crippen LogP contribution in [-0.4, -0.2) is 60.3 Å². The van der Waals surface area contributed by atoms with Gasteiger partial charge in [-0.05, 0) is 25.3 Å². The van der Waals surface area contributed by atoms with Gasteiger partial charge < -0.3 is 20.1 Å². The van der Waals surface area contributed by atoms with Crippen LogP contribution in [0.4, 0.5) is 0 Å². The van der Waals surface area contributed by atoms with Crippen LogP contribution < -0.4 is 5.32 Å². The van der Waals surface area contributed by atoms with Crippen molar-refractivity contribution in [2.75, 3.05) is 26.3 Å². The number of nitrogens with one attached hydrogen (secondary N) is 1. The van der Waals surface area contributed by atoms with Gasteiger partial charge in [0.05, 0.1) is 31.7 Å². The highest BCUT2D eigenvalue weighted by molar-refractivity contribution is 5.83. The maximum absolute atomic E-state index is 12.6. The molecule has 2 fully saturated rings. The van der Waals surface area contributed by atoms with E-state index in [1.54, 1.807) is 4.90 Å². The summed E-state index contributed by atoms with van der Waals surface area (Å²) in [5.41, 5.74) is 0. The van der Waals surface area contributed by atoms with Gasteiger partial charge in [-0.2, -0.15) is 0 Å². The fourth-order valence-electron chi connectivity index (χ4n) is 3.07. The second kappa shape index (κ2) is 7.04. The van der Waals surface area contributed by atoms with Crippen LogP contribution in [0.2, 0.25) is 0 Å². The Morgan fingerprint density at radius 2 is 2.25 bits per heavy atom. The number of aliphatic carboxylic acids is 1. The summed E-state index contributed by atoms with van der Waals surface area (Å²) in [5.74, 6) is -0.261. The molecule has 0 aliphatic carbocycles. The Balaban J connectivity index is 1.99. The van der Waals surface area contributed by atoms with Crippen LogP contribution in [0.25, 0.3) is 0 Å². The van der Waals surface area contributed by atoms with Gasteiger partial charge in [0, 0.05) is 6.54 Å². The van der Waals surface area contributed by atoms with Crippen LogP contribution in [0.15, 0.2) is 0 Å². The van der Waals surface area contributed by atoms with Crippen LogP contribution in [-0.2, 0) is 14.3 Å². The normalized spacial score (nSPS) is 31.1. The number of rotatable bonds is 4. The fraction of sp³-hybridized carbons (Fsp3) is 0.857. The molecule has 1 amide bonds. The highest BCUT2D eigenvalue weighted by atomic mass is 16.5. The molecule has 0 aromatic heterocycles. The summed E-state index contributed by atoms with van der Waals surface area (Å²) in [5, 5.41) is 12.2. The second-order valence-electron chi connectivity index (χ2n) is 5.66. The first kappa shape index (κ1) is 15.3. The Labute approximate surface area is 119 Å². The van der Waals surface area contributed by atoms with E-state index in [1.807, 2.05) is 0 Å². The molecule has 3 unspecified atom stereocenters. The van der Waals surface area contributed by atoms with E-state index in [1.165, 1.54) is 0 Å². The van der Waals surface area contributed by atoms with E-state index >= 15 is 0 Å². The van der Waals surface area contributed by atoms with Gasteiger partial charge in [0.1, 0.15) is 0 Å². The van der Waals surface area contributed by atoms with Gasteiger partial charge in [-0.3, -0.25) is 9.59 Å². The number of hydrogen-bond donors (Lipinski definition) is 2. The smallest absolute Gasteiger partial charge is 0.305 e. The summed E-state index contributed by atoms with van der Waals surface area (Å²) in [7, 11) is 0. The second-order valence-corrected chi connectivity index (χ2v) is 5.66.